The molecule has 1 fully saturated rings. The van der Waals surface area contributed by atoms with Crippen molar-refractivity contribution in [3.8, 4) is 12.3 Å². The van der Waals surface area contributed by atoms with Gasteiger partial charge in [0.15, 0.2) is 22.6 Å². The number of halogens is 1. The van der Waals surface area contributed by atoms with E-state index in [0.29, 0.717) is 0 Å². The topological polar surface area (TPSA) is 140 Å². The minimum absolute atomic E-state index is 0.0413. The smallest absolute Gasteiger partial charge is 0.223 e. The predicted molar refractivity (Wildman–Crippen MR) is 75.5 cm³/mol. The van der Waals surface area contributed by atoms with E-state index in [0.717, 1.165) is 0 Å². The van der Waals surface area contributed by atoms with Crippen molar-refractivity contribution in [2.24, 2.45) is 0 Å². The lowest BCUT2D eigenvalue weighted by Crippen LogP contribution is -2.47. The molecule has 10 heteroatoms. The summed E-state index contributed by atoms with van der Waals surface area (Å²) in [6.45, 7) is -0.571. The molecule has 0 aromatic carbocycles. The summed E-state index contributed by atoms with van der Waals surface area (Å²) in [6, 6.07) is 0. The van der Waals surface area contributed by atoms with Gasteiger partial charge in [-0.25, -0.2) is 4.98 Å². The molecular formula is C12H12ClN5O4. The summed E-state index contributed by atoms with van der Waals surface area (Å²) in [4.78, 5) is 11.8. The van der Waals surface area contributed by atoms with E-state index in [9.17, 15) is 15.3 Å². The van der Waals surface area contributed by atoms with E-state index in [-0.39, 0.29) is 22.3 Å². The molecule has 1 aliphatic rings. The zero-order valence-corrected chi connectivity index (χ0v) is 11.8. The number of anilines is 1. The highest BCUT2D eigenvalue weighted by Crippen LogP contribution is 2.38. The Labute approximate surface area is 129 Å². The van der Waals surface area contributed by atoms with Crippen molar-refractivity contribution in [1.29, 1.82) is 0 Å². The lowest BCUT2D eigenvalue weighted by molar-refractivity contribution is -0.0605. The van der Waals surface area contributed by atoms with Gasteiger partial charge in [0.25, 0.3) is 0 Å². The van der Waals surface area contributed by atoms with E-state index in [1.54, 1.807) is 0 Å². The van der Waals surface area contributed by atoms with Gasteiger partial charge in [-0.15, -0.1) is 6.42 Å². The minimum atomic E-state index is -2.04. The van der Waals surface area contributed by atoms with Gasteiger partial charge in [-0.2, -0.15) is 9.97 Å². The summed E-state index contributed by atoms with van der Waals surface area (Å²) in [7, 11) is 0. The highest BCUT2D eigenvalue weighted by molar-refractivity contribution is 6.33. The Hall–Kier alpha value is -1.96. The van der Waals surface area contributed by atoms with Crippen molar-refractivity contribution in [2.75, 3.05) is 12.3 Å². The first-order valence-electron chi connectivity index (χ1n) is 6.22. The number of nitrogens with two attached hydrogens (primary N) is 1. The molecule has 4 atom stereocenters. The molecule has 3 heterocycles. The van der Waals surface area contributed by atoms with Crippen molar-refractivity contribution in [1.82, 2.24) is 19.5 Å². The summed E-state index contributed by atoms with van der Waals surface area (Å²) >= 11 is 5.93. The molecule has 0 radical (unpaired) electrons. The molecule has 0 saturated carbocycles. The second kappa shape index (κ2) is 5.05. The number of nitrogen functional groups attached to an aromatic ring is 1. The molecule has 116 valence electrons. The van der Waals surface area contributed by atoms with Gasteiger partial charge in [-0.3, -0.25) is 4.57 Å². The molecule has 0 spiro atoms. The molecule has 3 rings (SSSR count). The first-order chi connectivity index (χ1) is 10.4. The van der Waals surface area contributed by atoms with Gasteiger partial charge in [-0.05, 0) is 0 Å². The molecule has 2 aromatic rings. The Morgan fingerprint density at radius 2 is 2.27 bits per heavy atom. The third kappa shape index (κ3) is 1.93. The van der Waals surface area contributed by atoms with Crippen molar-refractivity contribution in [3.63, 3.8) is 0 Å². The van der Waals surface area contributed by atoms with Gasteiger partial charge in [0.05, 0.1) is 12.9 Å². The second-order valence-corrected chi connectivity index (χ2v) is 5.17. The van der Waals surface area contributed by atoms with Crippen LogP contribution in [0.4, 0.5) is 5.95 Å². The van der Waals surface area contributed by atoms with E-state index in [4.69, 9.17) is 28.5 Å². The fraction of sp³-hybridized carbons (Fsp3) is 0.417. The number of nitrogens with zero attached hydrogens (tertiary/aromatic N) is 4. The molecule has 0 aliphatic carbocycles. The lowest BCUT2D eigenvalue weighted by Gasteiger charge is -2.23. The van der Waals surface area contributed by atoms with Crippen LogP contribution in [-0.2, 0) is 4.74 Å². The molecular weight excluding hydrogens is 314 g/mol. The predicted octanol–water partition coefficient (Wildman–Crippen LogP) is -1.32. The van der Waals surface area contributed by atoms with E-state index < -0.39 is 30.6 Å². The summed E-state index contributed by atoms with van der Waals surface area (Å²) in [5.41, 5.74) is 3.96. The zero-order valence-electron chi connectivity index (χ0n) is 11.1. The number of ether oxygens (including phenoxy) is 1. The molecule has 2 aromatic heterocycles. The van der Waals surface area contributed by atoms with Crippen molar-refractivity contribution < 1.29 is 20.1 Å². The van der Waals surface area contributed by atoms with Gasteiger partial charge in [0.1, 0.15) is 17.7 Å². The third-order valence-electron chi connectivity index (χ3n) is 3.58. The Morgan fingerprint density at radius 1 is 1.55 bits per heavy atom. The fourth-order valence-electron chi connectivity index (χ4n) is 2.42. The molecule has 22 heavy (non-hydrogen) atoms. The Morgan fingerprint density at radius 3 is 2.86 bits per heavy atom. The van der Waals surface area contributed by atoms with Crippen LogP contribution in [0, 0.1) is 12.3 Å². The van der Waals surface area contributed by atoms with Crippen LogP contribution in [0.3, 0.4) is 0 Å². The van der Waals surface area contributed by atoms with E-state index in [2.05, 4.69) is 20.9 Å². The fourth-order valence-corrected chi connectivity index (χ4v) is 2.64. The molecule has 1 aliphatic heterocycles. The van der Waals surface area contributed by atoms with Crippen LogP contribution < -0.4 is 5.73 Å². The second-order valence-electron chi connectivity index (χ2n) is 4.81. The average Bonchev–Trinajstić information content (AvgIpc) is 3.00. The highest BCUT2D eigenvalue weighted by atomic mass is 35.5. The zero-order chi connectivity index (χ0) is 16.1. The van der Waals surface area contributed by atoms with Gasteiger partial charge >= 0.3 is 0 Å². The van der Waals surface area contributed by atoms with Gasteiger partial charge in [-0.1, -0.05) is 17.5 Å². The van der Waals surface area contributed by atoms with Gasteiger partial charge in [0.2, 0.25) is 5.95 Å². The van der Waals surface area contributed by atoms with Crippen LogP contribution in [-0.4, -0.2) is 59.3 Å². The number of aliphatic hydroxyl groups is 3. The van der Waals surface area contributed by atoms with Crippen LogP contribution in [0.1, 0.15) is 6.23 Å². The first kappa shape index (κ1) is 15.0. The maximum Gasteiger partial charge on any atom is 0.223 e. The van der Waals surface area contributed by atoms with Crippen molar-refractivity contribution >= 4 is 28.7 Å². The molecule has 9 nitrogen and oxygen atoms in total. The number of aromatic nitrogens is 4. The number of fused-ring (bicyclic) bond motifs is 1. The number of hydrogen-bond acceptors (Lipinski definition) is 8. The molecule has 0 amide bonds. The van der Waals surface area contributed by atoms with E-state index >= 15 is 0 Å². The number of terminal acetylenes is 1. The molecule has 5 N–H and O–H groups in total. The minimum Gasteiger partial charge on any atom is -0.394 e. The summed E-state index contributed by atoms with van der Waals surface area (Å²) in [6.07, 6.45) is 2.77. The standard InChI is InChI=1S/C12H12ClN5O4/c1-2-12(21)5(3-19)22-10(7(12)20)18-4-15-6-8(13)16-11(14)17-9(6)18/h1,4-5,7,10,19-21H,3H2,(H2,14,16,17)/t5-,7+,10-,12-/m1/s1. The monoisotopic (exact) mass is 325 g/mol. The van der Waals surface area contributed by atoms with E-state index in [1.807, 2.05) is 0 Å². The van der Waals surface area contributed by atoms with Crippen LogP contribution in [0.25, 0.3) is 11.2 Å². The Balaban J connectivity index is 2.11. The number of imidazole rings is 1. The normalized spacial score (nSPS) is 31.5. The average molecular weight is 326 g/mol. The number of rotatable bonds is 2. The SMILES string of the molecule is C#C[C@@]1(O)[C@@H](CO)O[C@@H](n2cnc3c(Cl)nc(N)nc32)[C@@H]1O. The summed E-state index contributed by atoms with van der Waals surface area (Å²) in [5.74, 6) is 1.97. The number of hydrogen-bond donors (Lipinski definition) is 4. The summed E-state index contributed by atoms with van der Waals surface area (Å²) < 4.78 is 6.77. The van der Waals surface area contributed by atoms with Crippen LogP contribution >= 0.6 is 11.6 Å². The van der Waals surface area contributed by atoms with Gasteiger partial charge in [0, 0.05) is 0 Å². The maximum atomic E-state index is 10.3. The van der Waals surface area contributed by atoms with Crippen molar-refractivity contribution in [3.05, 3.63) is 11.5 Å². The maximum absolute atomic E-state index is 10.3. The van der Waals surface area contributed by atoms with Crippen LogP contribution in [0.5, 0.6) is 0 Å². The quantitative estimate of drug-likeness (QED) is 0.393. The van der Waals surface area contributed by atoms with Crippen LogP contribution in [0.15, 0.2) is 6.33 Å². The van der Waals surface area contributed by atoms with Gasteiger partial charge < -0.3 is 25.8 Å². The lowest BCUT2D eigenvalue weighted by atomic mass is 9.93. The third-order valence-corrected chi connectivity index (χ3v) is 3.85. The first-order valence-corrected chi connectivity index (χ1v) is 6.60. The Bertz CT molecular complexity index is 775. The molecule has 1 saturated heterocycles. The van der Waals surface area contributed by atoms with E-state index in [1.165, 1.54) is 10.9 Å². The highest BCUT2D eigenvalue weighted by Gasteiger charge is 2.55. The molecule has 0 bridgehead atoms. The van der Waals surface area contributed by atoms with Crippen molar-refractivity contribution in [2.45, 2.75) is 24.0 Å². The largest absolute Gasteiger partial charge is 0.394 e. The Kier molecular flexibility index (Phi) is 3.43. The molecule has 0 unspecified atom stereocenters. The van der Waals surface area contributed by atoms with Crippen LogP contribution in [0.2, 0.25) is 5.15 Å². The number of aliphatic hydroxyl groups excluding tert-OH is 2. The summed E-state index contributed by atoms with van der Waals surface area (Å²) in [5, 5.41) is 29.9.